The van der Waals surface area contributed by atoms with Gasteiger partial charge in [0.05, 0.1) is 11.4 Å². The van der Waals surface area contributed by atoms with Crippen molar-refractivity contribution in [2.24, 2.45) is 10.9 Å². The van der Waals surface area contributed by atoms with Gasteiger partial charge in [-0.3, -0.25) is 9.79 Å². The number of carbonyl (C=O) groups excluding carboxylic acids is 1. The van der Waals surface area contributed by atoms with Crippen molar-refractivity contribution in [1.82, 2.24) is 14.9 Å². The summed E-state index contributed by atoms with van der Waals surface area (Å²) in [6.07, 6.45) is 3.36. The SMILES string of the molecule is O=C1NC(C2CCCNC2)=NC12CCN([S+]([O-])c1cccc(Cl)c1)CC2. The second-order valence-corrected chi connectivity index (χ2v) is 9.08. The van der Waals surface area contributed by atoms with Gasteiger partial charge in [-0.1, -0.05) is 17.7 Å². The van der Waals surface area contributed by atoms with Crippen LogP contribution in [0, 0.1) is 5.92 Å². The van der Waals surface area contributed by atoms with Crippen LogP contribution in [0.2, 0.25) is 5.02 Å². The Bertz CT molecular complexity index is 715. The van der Waals surface area contributed by atoms with E-state index >= 15 is 0 Å². The lowest BCUT2D eigenvalue weighted by Crippen LogP contribution is -2.50. The van der Waals surface area contributed by atoms with Crippen LogP contribution in [0.1, 0.15) is 25.7 Å². The number of rotatable bonds is 3. The summed E-state index contributed by atoms with van der Waals surface area (Å²) < 4.78 is 14.7. The van der Waals surface area contributed by atoms with E-state index in [9.17, 15) is 9.35 Å². The van der Waals surface area contributed by atoms with Crippen LogP contribution in [-0.4, -0.2) is 52.3 Å². The molecule has 1 aromatic rings. The topological polar surface area (TPSA) is 79.8 Å². The van der Waals surface area contributed by atoms with Crippen LogP contribution in [0.25, 0.3) is 0 Å². The van der Waals surface area contributed by atoms with E-state index in [2.05, 4.69) is 10.6 Å². The normalized spacial score (nSPS) is 27.2. The molecular formula is C18H23ClN4O2S. The highest BCUT2D eigenvalue weighted by atomic mass is 35.5. The first-order valence-corrected chi connectivity index (χ1v) is 10.6. The molecule has 26 heavy (non-hydrogen) atoms. The van der Waals surface area contributed by atoms with Crippen molar-refractivity contribution in [3.63, 3.8) is 0 Å². The van der Waals surface area contributed by atoms with E-state index in [1.165, 1.54) is 0 Å². The summed E-state index contributed by atoms with van der Waals surface area (Å²) in [7, 11) is 0. The van der Waals surface area contributed by atoms with Crippen LogP contribution >= 0.6 is 11.6 Å². The number of hydrogen-bond acceptors (Lipinski definition) is 5. The van der Waals surface area contributed by atoms with Crippen molar-refractivity contribution >= 4 is 34.7 Å². The fourth-order valence-corrected chi connectivity index (χ4v) is 5.40. The first kappa shape index (κ1) is 18.3. The summed E-state index contributed by atoms with van der Waals surface area (Å²) in [5.41, 5.74) is -0.679. The minimum atomic E-state index is -1.26. The third kappa shape index (κ3) is 3.51. The van der Waals surface area contributed by atoms with Crippen LogP contribution in [0.3, 0.4) is 0 Å². The number of piperidine rings is 2. The van der Waals surface area contributed by atoms with E-state index < -0.39 is 16.9 Å². The molecule has 140 valence electrons. The summed E-state index contributed by atoms with van der Waals surface area (Å²) in [5.74, 6) is 1.14. The minimum absolute atomic E-state index is 0.00580. The zero-order valence-electron chi connectivity index (χ0n) is 14.5. The lowest BCUT2D eigenvalue weighted by molar-refractivity contribution is -0.124. The van der Waals surface area contributed by atoms with Crippen molar-refractivity contribution in [1.29, 1.82) is 0 Å². The van der Waals surface area contributed by atoms with Gasteiger partial charge >= 0.3 is 0 Å². The van der Waals surface area contributed by atoms with E-state index in [0.29, 0.717) is 41.8 Å². The van der Waals surface area contributed by atoms with E-state index in [-0.39, 0.29) is 5.91 Å². The van der Waals surface area contributed by atoms with Gasteiger partial charge in [0.25, 0.3) is 5.91 Å². The zero-order valence-corrected chi connectivity index (χ0v) is 16.1. The molecule has 4 rings (SSSR count). The van der Waals surface area contributed by atoms with Gasteiger partial charge in [0.15, 0.2) is 4.90 Å². The number of amides is 1. The summed E-state index contributed by atoms with van der Waals surface area (Å²) in [5, 5.41) is 6.98. The predicted octanol–water partition coefficient (Wildman–Crippen LogP) is 1.73. The molecule has 2 unspecified atom stereocenters. The Morgan fingerprint density at radius 1 is 1.35 bits per heavy atom. The minimum Gasteiger partial charge on any atom is -0.593 e. The van der Waals surface area contributed by atoms with Gasteiger partial charge in [-0.25, -0.2) is 0 Å². The average Bonchev–Trinajstić information content (AvgIpc) is 2.99. The lowest BCUT2D eigenvalue weighted by Gasteiger charge is -2.34. The summed E-state index contributed by atoms with van der Waals surface area (Å²) in [4.78, 5) is 18.2. The Morgan fingerprint density at radius 2 is 2.15 bits per heavy atom. The van der Waals surface area contributed by atoms with E-state index in [0.717, 1.165) is 31.8 Å². The van der Waals surface area contributed by atoms with Gasteiger partial charge in [-0.05, 0) is 44.4 Å². The molecule has 2 fully saturated rings. The molecule has 0 radical (unpaired) electrons. The standard InChI is InChI=1S/C18H23ClN4O2S/c19-14-4-1-5-15(11-14)26(25)23-9-6-18(7-10-23)17(24)21-16(22-18)13-3-2-8-20-12-13/h1,4-5,11,13,20H,2-3,6-10,12H2,(H,21,22,24). The number of aliphatic imine (C=N–C) groups is 1. The highest BCUT2D eigenvalue weighted by Crippen LogP contribution is 2.34. The lowest BCUT2D eigenvalue weighted by atomic mass is 9.89. The molecule has 0 aromatic heterocycles. The van der Waals surface area contributed by atoms with Gasteiger partial charge in [-0.2, -0.15) is 0 Å². The van der Waals surface area contributed by atoms with Crippen LogP contribution in [-0.2, 0) is 16.2 Å². The van der Waals surface area contributed by atoms with Gasteiger partial charge in [0.1, 0.15) is 11.4 Å². The largest absolute Gasteiger partial charge is 0.593 e. The third-order valence-electron chi connectivity index (χ3n) is 5.46. The molecule has 3 aliphatic rings. The van der Waals surface area contributed by atoms with Crippen molar-refractivity contribution in [3.05, 3.63) is 29.3 Å². The molecule has 0 saturated carbocycles. The molecule has 2 saturated heterocycles. The molecule has 0 bridgehead atoms. The van der Waals surface area contributed by atoms with Gasteiger partial charge < -0.3 is 15.2 Å². The summed E-state index contributed by atoms with van der Waals surface area (Å²) in [6.45, 7) is 3.06. The number of halogens is 1. The van der Waals surface area contributed by atoms with E-state index in [4.69, 9.17) is 16.6 Å². The Morgan fingerprint density at radius 3 is 2.85 bits per heavy atom. The second-order valence-electron chi connectivity index (χ2n) is 7.16. The number of benzene rings is 1. The number of nitrogens with one attached hydrogen (secondary N) is 2. The molecule has 1 aromatic carbocycles. The van der Waals surface area contributed by atoms with Crippen molar-refractivity contribution in [3.8, 4) is 0 Å². The fraction of sp³-hybridized carbons (Fsp3) is 0.556. The Balaban J connectivity index is 1.43. The van der Waals surface area contributed by atoms with Gasteiger partial charge in [0.2, 0.25) is 0 Å². The van der Waals surface area contributed by atoms with Gasteiger partial charge in [-0.15, -0.1) is 4.31 Å². The number of hydrogen-bond donors (Lipinski definition) is 2. The number of nitrogens with zero attached hydrogens (tertiary/aromatic N) is 2. The average molecular weight is 395 g/mol. The smallest absolute Gasteiger partial charge is 0.253 e. The first-order chi connectivity index (χ1) is 12.6. The van der Waals surface area contributed by atoms with Gasteiger partial charge in [0, 0.05) is 36.6 Å². The molecule has 0 aliphatic carbocycles. The first-order valence-electron chi connectivity index (χ1n) is 9.12. The molecule has 1 spiro atoms. The molecular weight excluding hydrogens is 372 g/mol. The highest BCUT2D eigenvalue weighted by molar-refractivity contribution is 7.89. The molecule has 3 aliphatic heterocycles. The van der Waals surface area contributed by atoms with Crippen LogP contribution in [0.4, 0.5) is 0 Å². The summed E-state index contributed by atoms with van der Waals surface area (Å²) in [6, 6.07) is 7.13. The zero-order chi connectivity index (χ0) is 18.1. The number of carbonyl (C=O) groups is 1. The molecule has 2 N–H and O–H groups in total. The van der Waals surface area contributed by atoms with Crippen molar-refractivity contribution < 1.29 is 9.35 Å². The van der Waals surface area contributed by atoms with E-state index in [1.54, 1.807) is 18.2 Å². The molecule has 8 heteroatoms. The summed E-state index contributed by atoms with van der Waals surface area (Å²) >= 11 is 4.74. The third-order valence-corrected chi connectivity index (χ3v) is 7.19. The molecule has 1 amide bonds. The maximum absolute atomic E-state index is 12.8. The highest BCUT2D eigenvalue weighted by Gasteiger charge is 2.48. The van der Waals surface area contributed by atoms with Crippen LogP contribution in [0.5, 0.6) is 0 Å². The Kier molecular flexibility index (Phi) is 5.25. The van der Waals surface area contributed by atoms with Crippen molar-refractivity contribution in [2.75, 3.05) is 26.2 Å². The maximum atomic E-state index is 12.8. The monoisotopic (exact) mass is 394 g/mol. The molecule has 3 heterocycles. The van der Waals surface area contributed by atoms with E-state index in [1.807, 2.05) is 10.4 Å². The molecule has 6 nitrogen and oxygen atoms in total. The van der Waals surface area contributed by atoms with Crippen LogP contribution < -0.4 is 10.6 Å². The Labute approximate surface area is 161 Å². The molecule has 2 atom stereocenters. The Hall–Kier alpha value is -1.12. The fourth-order valence-electron chi connectivity index (χ4n) is 3.91. The van der Waals surface area contributed by atoms with Crippen molar-refractivity contribution in [2.45, 2.75) is 36.1 Å². The quantitative estimate of drug-likeness (QED) is 0.765. The maximum Gasteiger partial charge on any atom is 0.253 e. The number of amidine groups is 1. The predicted molar refractivity (Wildman–Crippen MR) is 103 cm³/mol. The second kappa shape index (κ2) is 7.48. The van der Waals surface area contributed by atoms with Crippen LogP contribution in [0.15, 0.2) is 34.2 Å².